The SMILES string of the molecule is Cc1nc(C(=O)NCCOC2CCCC2)ccc1C(=O)O. The highest BCUT2D eigenvalue weighted by Crippen LogP contribution is 2.20. The zero-order valence-corrected chi connectivity index (χ0v) is 12.1. The van der Waals surface area contributed by atoms with Crippen LogP contribution < -0.4 is 5.32 Å². The molecule has 1 amide bonds. The van der Waals surface area contributed by atoms with Gasteiger partial charge in [-0.15, -0.1) is 0 Å². The third-order valence-corrected chi connectivity index (χ3v) is 3.59. The van der Waals surface area contributed by atoms with Crippen molar-refractivity contribution in [3.8, 4) is 0 Å². The molecule has 0 radical (unpaired) electrons. The average molecular weight is 292 g/mol. The highest BCUT2D eigenvalue weighted by Gasteiger charge is 2.15. The van der Waals surface area contributed by atoms with Crippen LogP contribution in [-0.4, -0.2) is 41.2 Å². The lowest BCUT2D eigenvalue weighted by Gasteiger charge is -2.11. The summed E-state index contributed by atoms with van der Waals surface area (Å²) in [6, 6.07) is 2.82. The van der Waals surface area contributed by atoms with Crippen molar-refractivity contribution in [2.75, 3.05) is 13.2 Å². The molecule has 0 saturated heterocycles. The number of rotatable bonds is 6. The van der Waals surface area contributed by atoms with Gasteiger partial charge in [-0.1, -0.05) is 12.8 Å². The van der Waals surface area contributed by atoms with Gasteiger partial charge in [-0.3, -0.25) is 4.79 Å². The number of carboxylic acid groups (broad SMARTS) is 1. The van der Waals surface area contributed by atoms with E-state index in [4.69, 9.17) is 9.84 Å². The Labute approximate surface area is 123 Å². The van der Waals surface area contributed by atoms with Crippen molar-refractivity contribution in [1.82, 2.24) is 10.3 Å². The van der Waals surface area contributed by atoms with Gasteiger partial charge in [0.25, 0.3) is 5.91 Å². The van der Waals surface area contributed by atoms with E-state index >= 15 is 0 Å². The van der Waals surface area contributed by atoms with Crippen LogP contribution in [0.2, 0.25) is 0 Å². The Kier molecular flexibility index (Phi) is 5.27. The van der Waals surface area contributed by atoms with Crippen LogP contribution in [0.1, 0.15) is 52.2 Å². The normalized spacial score (nSPS) is 15.1. The number of carboxylic acids is 1. The van der Waals surface area contributed by atoms with Crippen LogP contribution in [0.25, 0.3) is 0 Å². The van der Waals surface area contributed by atoms with E-state index in [1.54, 1.807) is 6.92 Å². The first-order chi connectivity index (χ1) is 10.1. The summed E-state index contributed by atoms with van der Waals surface area (Å²) in [4.78, 5) is 26.8. The number of aromatic nitrogens is 1. The molecular weight excluding hydrogens is 272 g/mol. The molecule has 114 valence electrons. The Morgan fingerprint density at radius 1 is 1.38 bits per heavy atom. The molecule has 2 N–H and O–H groups in total. The highest BCUT2D eigenvalue weighted by molar-refractivity contribution is 5.94. The van der Waals surface area contributed by atoms with Crippen LogP contribution in [-0.2, 0) is 4.74 Å². The van der Waals surface area contributed by atoms with Crippen molar-refractivity contribution in [3.63, 3.8) is 0 Å². The number of aromatic carboxylic acids is 1. The number of amides is 1. The number of hydrogen-bond acceptors (Lipinski definition) is 4. The fraction of sp³-hybridized carbons (Fsp3) is 0.533. The zero-order valence-electron chi connectivity index (χ0n) is 12.1. The first-order valence-electron chi connectivity index (χ1n) is 7.18. The summed E-state index contributed by atoms with van der Waals surface area (Å²) in [5.74, 6) is -1.36. The fourth-order valence-corrected chi connectivity index (χ4v) is 2.45. The van der Waals surface area contributed by atoms with E-state index in [0.29, 0.717) is 24.9 Å². The van der Waals surface area contributed by atoms with E-state index in [0.717, 1.165) is 12.8 Å². The van der Waals surface area contributed by atoms with E-state index in [1.807, 2.05) is 0 Å². The van der Waals surface area contributed by atoms with Gasteiger partial charge >= 0.3 is 5.97 Å². The number of carbonyl (C=O) groups is 2. The van der Waals surface area contributed by atoms with Crippen molar-refractivity contribution in [1.29, 1.82) is 0 Å². The second-order valence-corrected chi connectivity index (χ2v) is 5.17. The number of aryl methyl sites for hydroxylation is 1. The van der Waals surface area contributed by atoms with Gasteiger partial charge in [-0.05, 0) is 31.9 Å². The molecule has 6 nitrogen and oxygen atoms in total. The maximum atomic E-state index is 11.9. The minimum atomic E-state index is -1.04. The largest absolute Gasteiger partial charge is 0.478 e. The molecule has 0 bridgehead atoms. The van der Waals surface area contributed by atoms with Crippen molar-refractivity contribution in [2.45, 2.75) is 38.7 Å². The molecule has 6 heteroatoms. The van der Waals surface area contributed by atoms with Gasteiger partial charge in [0, 0.05) is 6.54 Å². The van der Waals surface area contributed by atoms with Crippen LogP contribution >= 0.6 is 0 Å². The van der Waals surface area contributed by atoms with Crippen LogP contribution in [0.15, 0.2) is 12.1 Å². The lowest BCUT2D eigenvalue weighted by Crippen LogP contribution is -2.29. The molecule has 0 spiro atoms. The maximum absolute atomic E-state index is 11.9. The molecule has 1 aliphatic carbocycles. The van der Waals surface area contributed by atoms with Crippen LogP contribution in [0.4, 0.5) is 0 Å². The molecule has 2 rings (SSSR count). The van der Waals surface area contributed by atoms with Gasteiger partial charge in [0.15, 0.2) is 0 Å². The Bertz CT molecular complexity index is 524. The summed E-state index contributed by atoms with van der Waals surface area (Å²) in [5.41, 5.74) is 0.659. The summed E-state index contributed by atoms with van der Waals surface area (Å²) in [5, 5.41) is 11.6. The van der Waals surface area contributed by atoms with Gasteiger partial charge < -0.3 is 15.2 Å². The lowest BCUT2D eigenvalue weighted by molar-refractivity contribution is 0.0581. The smallest absolute Gasteiger partial charge is 0.337 e. The van der Waals surface area contributed by atoms with Crippen molar-refractivity contribution < 1.29 is 19.4 Å². The molecule has 1 heterocycles. The molecule has 0 aliphatic heterocycles. The second-order valence-electron chi connectivity index (χ2n) is 5.17. The first-order valence-corrected chi connectivity index (χ1v) is 7.18. The number of ether oxygens (including phenoxy) is 1. The Morgan fingerprint density at radius 2 is 2.10 bits per heavy atom. The third-order valence-electron chi connectivity index (χ3n) is 3.59. The minimum Gasteiger partial charge on any atom is -0.478 e. The van der Waals surface area contributed by atoms with E-state index in [1.165, 1.54) is 25.0 Å². The number of pyridine rings is 1. The molecule has 1 aliphatic rings. The minimum absolute atomic E-state index is 0.108. The number of nitrogens with zero attached hydrogens (tertiary/aromatic N) is 1. The highest BCUT2D eigenvalue weighted by atomic mass is 16.5. The lowest BCUT2D eigenvalue weighted by atomic mass is 10.2. The second kappa shape index (κ2) is 7.17. The summed E-state index contributed by atoms with van der Waals surface area (Å²) < 4.78 is 5.65. The summed E-state index contributed by atoms with van der Waals surface area (Å²) in [6.07, 6.45) is 4.97. The van der Waals surface area contributed by atoms with Gasteiger partial charge in [0.2, 0.25) is 0 Å². The van der Waals surface area contributed by atoms with Crippen LogP contribution in [0.3, 0.4) is 0 Å². The molecular formula is C15H20N2O4. The molecule has 0 aromatic carbocycles. The van der Waals surface area contributed by atoms with Gasteiger partial charge in [-0.25, -0.2) is 9.78 Å². The summed E-state index contributed by atoms with van der Waals surface area (Å²) in [7, 11) is 0. The zero-order chi connectivity index (χ0) is 15.2. The average Bonchev–Trinajstić information content (AvgIpc) is 2.96. The summed E-state index contributed by atoms with van der Waals surface area (Å²) in [6.45, 7) is 2.49. The number of nitrogens with one attached hydrogen (secondary N) is 1. The molecule has 1 aromatic rings. The Morgan fingerprint density at radius 3 is 2.71 bits per heavy atom. The molecule has 1 saturated carbocycles. The summed E-state index contributed by atoms with van der Waals surface area (Å²) >= 11 is 0. The van der Waals surface area contributed by atoms with Gasteiger partial charge in [0.05, 0.1) is 24.0 Å². The molecule has 1 fully saturated rings. The number of hydrogen-bond donors (Lipinski definition) is 2. The maximum Gasteiger partial charge on any atom is 0.337 e. The van der Waals surface area contributed by atoms with Gasteiger partial charge in [0.1, 0.15) is 5.69 Å². The molecule has 1 aromatic heterocycles. The monoisotopic (exact) mass is 292 g/mol. The Hall–Kier alpha value is -1.95. The third kappa shape index (κ3) is 4.26. The molecule has 0 unspecified atom stereocenters. The van der Waals surface area contributed by atoms with Gasteiger partial charge in [-0.2, -0.15) is 0 Å². The Balaban J connectivity index is 1.80. The predicted molar refractivity (Wildman–Crippen MR) is 76.5 cm³/mol. The van der Waals surface area contributed by atoms with E-state index in [2.05, 4.69) is 10.3 Å². The van der Waals surface area contributed by atoms with E-state index < -0.39 is 5.97 Å². The van der Waals surface area contributed by atoms with Crippen molar-refractivity contribution in [3.05, 3.63) is 29.1 Å². The van der Waals surface area contributed by atoms with Crippen molar-refractivity contribution in [2.24, 2.45) is 0 Å². The number of carbonyl (C=O) groups excluding carboxylic acids is 1. The fourth-order valence-electron chi connectivity index (χ4n) is 2.45. The van der Waals surface area contributed by atoms with Crippen LogP contribution in [0.5, 0.6) is 0 Å². The van der Waals surface area contributed by atoms with Crippen LogP contribution in [0, 0.1) is 6.92 Å². The first kappa shape index (κ1) is 15.4. The van der Waals surface area contributed by atoms with E-state index in [9.17, 15) is 9.59 Å². The molecule has 0 atom stereocenters. The van der Waals surface area contributed by atoms with E-state index in [-0.39, 0.29) is 17.2 Å². The predicted octanol–water partition coefficient (Wildman–Crippen LogP) is 1.78. The standard InChI is InChI=1S/C15H20N2O4/c1-10-12(15(19)20)6-7-13(17-10)14(18)16-8-9-21-11-4-2-3-5-11/h6-7,11H,2-5,8-9H2,1H3,(H,16,18)(H,19,20). The topological polar surface area (TPSA) is 88.5 Å². The quantitative estimate of drug-likeness (QED) is 0.780. The van der Waals surface area contributed by atoms with Crippen molar-refractivity contribution >= 4 is 11.9 Å². The molecule has 21 heavy (non-hydrogen) atoms.